The Morgan fingerprint density at radius 2 is 1.90 bits per heavy atom. The second-order valence-corrected chi connectivity index (χ2v) is 6.86. The third-order valence-electron chi connectivity index (χ3n) is 4.79. The number of alkyl halides is 5. The zero-order chi connectivity index (χ0) is 22.0. The van der Waals surface area contributed by atoms with Gasteiger partial charge in [0.2, 0.25) is 5.95 Å². The predicted molar refractivity (Wildman–Crippen MR) is 102 cm³/mol. The number of hydrogen-bond donors (Lipinski definition) is 1. The average molecular weight is 440 g/mol. The van der Waals surface area contributed by atoms with Crippen molar-refractivity contribution in [1.82, 2.24) is 19.9 Å². The Morgan fingerprint density at radius 1 is 1.13 bits per heavy atom. The fourth-order valence-corrected chi connectivity index (χ4v) is 3.41. The van der Waals surface area contributed by atoms with E-state index in [0.29, 0.717) is 24.0 Å². The average Bonchev–Trinajstić information content (AvgIpc) is 3.19. The van der Waals surface area contributed by atoms with E-state index in [0.717, 1.165) is 6.20 Å². The van der Waals surface area contributed by atoms with Crippen molar-refractivity contribution in [2.75, 3.05) is 23.3 Å². The summed E-state index contributed by atoms with van der Waals surface area (Å²) in [5, 5.41) is 3.43. The zero-order valence-corrected chi connectivity index (χ0v) is 16.0. The number of pyridine rings is 2. The van der Waals surface area contributed by atoms with Gasteiger partial charge in [-0.2, -0.15) is 31.9 Å². The first-order valence-electron chi connectivity index (χ1n) is 9.37. The van der Waals surface area contributed by atoms with E-state index in [9.17, 15) is 22.0 Å². The number of nitrogens with zero attached hydrogens (tertiary/aromatic N) is 5. The molecule has 3 aromatic rings. The Kier molecular flexibility index (Phi) is 5.81. The van der Waals surface area contributed by atoms with Gasteiger partial charge in [-0.1, -0.05) is 6.07 Å². The molecular formula is C19H17F5N6O. The van der Waals surface area contributed by atoms with Crippen LogP contribution in [0.15, 0.2) is 36.7 Å². The lowest BCUT2D eigenvalue weighted by molar-refractivity contribution is -0.156. The highest BCUT2D eigenvalue weighted by Gasteiger charge is 2.35. The fraction of sp³-hybridized carbons (Fsp3) is 0.368. The molecule has 1 fully saturated rings. The third kappa shape index (κ3) is 4.79. The quantitative estimate of drug-likeness (QED) is 0.584. The predicted octanol–water partition coefficient (Wildman–Crippen LogP) is 3.87. The molecule has 3 aromatic heterocycles. The molecule has 7 nitrogen and oxygen atoms in total. The van der Waals surface area contributed by atoms with Crippen molar-refractivity contribution in [3.8, 4) is 0 Å². The molecule has 0 bridgehead atoms. The number of anilines is 2. The maximum absolute atomic E-state index is 13.2. The lowest BCUT2D eigenvalue weighted by Crippen LogP contribution is -2.26. The normalized spacial score (nSPS) is 17.0. The number of nitrogens with one attached hydrogen (secondary N) is 1. The maximum Gasteiger partial charge on any atom is 0.433 e. The van der Waals surface area contributed by atoms with Gasteiger partial charge in [0.25, 0.3) is 0 Å². The first kappa shape index (κ1) is 21.1. The molecule has 0 unspecified atom stereocenters. The van der Waals surface area contributed by atoms with Crippen LogP contribution in [-0.2, 0) is 17.5 Å². The molecule has 0 spiro atoms. The maximum atomic E-state index is 13.2. The fourth-order valence-electron chi connectivity index (χ4n) is 3.41. The van der Waals surface area contributed by atoms with E-state index in [2.05, 4.69) is 30.0 Å². The Balaban J connectivity index is 1.61. The van der Waals surface area contributed by atoms with E-state index in [-0.39, 0.29) is 30.4 Å². The summed E-state index contributed by atoms with van der Waals surface area (Å²) in [4.78, 5) is 18.1. The zero-order valence-electron chi connectivity index (χ0n) is 16.0. The third-order valence-corrected chi connectivity index (χ3v) is 4.79. The molecule has 0 radical (unpaired) electrons. The molecule has 1 N–H and O–H groups in total. The van der Waals surface area contributed by atoms with E-state index in [1.54, 1.807) is 17.0 Å². The molecule has 0 amide bonds. The summed E-state index contributed by atoms with van der Waals surface area (Å²) in [5.74, 6) is 0.514. The van der Waals surface area contributed by atoms with Crippen LogP contribution in [0.5, 0.6) is 0 Å². The van der Waals surface area contributed by atoms with Gasteiger partial charge >= 0.3 is 12.8 Å². The van der Waals surface area contributed by atoms with Crippen LogP contribution in [0, 0.1) is 0 Å². The van der Waals surface area contributed by atoms with Gasteiger partial charge in [0, 0.05) is 37.6 Å². The van der Waals surface area contributed by atoms with Gasteiger partial charge in [-0.05, 0) is 24.6 Å². The van der Waals surface area contributed by atoms with Gasteiger partial charge < -0.3 is 15.0 Å². The van der Waals surface area contributed by atoms with Crippen molar-refractivity contribution < 1.29 is 26.7 Å². The van der Waals surface area contributed by atoms with E-state index in [1.165, 1.54) is 18.3 Å². The van der Waals surface area contributed by atoms with Gasteiger partial charge in [-0.15, -0.1) is 0 Å². The number of rotatable bonds is 6. The standard InChI is InChI=1S/C19H17F5N6O/c20-17(21)31-12-5-8-30(10-12)18-28-15-13(4-2-7-26-15)16(29-18)27-9-11-3-1-6-25-14(11)19(22,23)24/h1-4,6-7,12,17H,5,8-10H2,(H,26,27,28,29)/t12-/m0/s1. The van der Waals surface area contributed by atoms with Crippen molar-refractivity contribution in [2.24, 2.45) is 0 Å². The minimum atomic E-state index is -4.59. The second-order valence-electron chi connectivity index (χ2n) is 6.86. The highest BCUT2D eigenvalue weighted by atomic mass is 19.4. The van der Waals surface area contributed by atoms with Crippen LogP contribution >= 0.6 is 0 Å². The highest BCUT2D eigenvalue weighted by molar-refractivity contribution is 5.87. The summed E-state index contributed by atoms with van der Waals surface area (Å²) in [6.45, 7) is -2.48. The van der Waals surface area contributed by atoms with Crippen molar-refractivity contribution in [1.29, 1.82) is 0 Å². The topological polar surface area (TPSA) is 76.1 Å². The molecular weight excluding hydrogens is 423 g/mol. The summed E-state index contributed by atoms with van der Waals surface area (Å²) >= 11 is 0. The molecule has 0 saturated carbocycles. The summed E-state index contributed by atoms with van der Waals surface area (Å²) in [5.41, 5.74) is -0.694. The molecule has 0 aliphatic carbocycles. The van der Waals surface area contributed by atoms with Crippen molar-refractivity contribution in [3.63, 3.8) is 0 Å². The summed E-state index contributed by atoms with van der Waals surface area (Å²) < 4.78 is 69.2. The lowest BCUT2D eigenvalue weighted by Gasteiger charge is -2.19. The van der Waals surface area contributed by atoms with Crippen LogP contribution in [0.3, 0.4) is 0 Å². The molecule has 31 heavy (non-hydrogen) atoms. The van der Waals surface area contributed by atoms with Gasteiger partial charge in [0.15, 0.2) is 5.65 Å². The second kappa shape index (κ2) is 8.53. The van der Waals surface area contributed by atoms with Crippen LogP contribution in [0.25, 0.3) is 11.0 Å². The van der Waals surface area contributed by atoms with Crippen molar-refractivity contribution in [2.45, 2.75) is 31.9 Å². The van der Waals surface area contributed by atoms with Gasteiger partial charge in [-0.3, -0.25) is 4.98 Å². The van der Waals surface area contributed by atoms with Crippen LogP contribution in [0.1, 0.15) is 17.7 Å². The Morgan fingerprint density at radius 3 is 2.68 bits per heavy atom. The van der Waals surface area contributed by atoms with Crippen LogP contribution in [0.2, 0.25) is 0 Å². The molecule has 12 heteroatoms. The largest absolute Gasteiger partial charge is 0.433 e. The molecule has 164 valence electrons. The van der Waals surface area contributed by atoms with Crippen LogP contribution in [0.4, 0.5) is 33.7 Å². The number of aromatic nitrogens is 4. The Bertz CT molecular complexity index is 1060. The van der Waals surface area contributed by atoms with Crippen LogP contribution < -0.4 is 10.2 Å². The van der Waals surface area contributed by atoms with Crippen molar-refractivity contribution >= 4 is 22.8 Å². The van der Waals surface area contributed by atoms with E-state index < -0.39 is 24.6 Å². The number of hydrogen-bond acceptors (Lipinski definition) is 7. The summed E-state index contributed by atoms with van der Waals surface area (Å²) in [6.07, 6.45) is -2.27. The molecule has 0 aromatic carbocycles. The molecule has 4 rings (SSSR count). The summed E-state index contributed by atoms with van der Waals surface area (Å²) in [6, 6.07) is 6.10. The minimum Gasteiger partial charge on any atom is -0.365 e. The van der Waals surface area contributed by atoms with Crippen LogP contribution in [-0.4, -0.2) is 45.7 Å². The Hall–Kier alpha value is -3.15. The van der Waals surface area contributed by atoms with E-state index in [1.807, 2.05) is 0 Å². The molecule has 1 saturated heterocycles. The first-order valence-corrected chi connectivity index (χ1v) is 9.37. The van der Waals surface area contributed by atoms with E-state index in [4.69, 9.17) is 0 Å². The molecule has 1 atom stereocenters. The molecule has 1 aliphatic rings. The summed E-state index contributed by atoms with van der Waals surface area (Å²) in [7, 11) is 0. The Labute approximate surface area is 173 Å². The monoisotopic (exact) mass is 440 g/mol. The van der Waals surface area contributed by atoms with Gasteiger partial charge in [0.1, 0.15) is 11.5 Å². The first-order chi connectivity index (χ1) is 14.8. The minimum absolute atomic E-state index is 0.0428. The smallest absolute Gasteiger partial charge is 0.365 e. The van der Waals surface area contributed by atoms with E-state index >= 15 is 0 Å². The highest BCUT2D eigenvalue weighted by Crippen LogP contribution is 2.31. The lowest BCUT2D eigenvalue weighted by atomic mass is 10.2. The molecule has 1 aliphatic heterocycles. The molecule has 4 heterocycles. The SMILES string of the molecule is FC(F)O[C@H]1CCN(c2nc(NCc3cccnc3C(F)(F)F)c3cccnc3n2)C1. The number of ether oxygens (including phenoxy) is 1. The van der Waals surface area contributed by atoms with Gasteiger partial charge in [0.05, 0.1) is 11.5 Å². The van der Waals surface area contributed by atoms with Crippen molar-refractivity contribution in [3.05, 3.63) is 47.9 Å². The number of fused-ring (bicyclic) bond motifs is 1. The number of halogens is 5. The van der Waals surface area contributed by atoms with Gasteiger partial charge in [-0.25, -0.2) is 4.98 Å².